The van der Waals surface area contributed by atoms with E-state index < -0.39 is 75.1 Å². The summed E-state index contributed by atoms with van der Waals surface area (Å²) in [6, 6.07) is 0. The molecule has 5 heterocycles. The van der Waals surface area contributed by atoms with Gasteiger partial charge in [-0.05, 0) is 63.4 Å². The van der Waals surface area contributed by atoms with Gasteiger partial charge >= 0.3 is 11.9 Å². The second kappa shape index (κ2) is 6.10. The van der Waals surface area contributed by atoms with Gasteiger partial charge in [-0.15, -0.1) is 0 Å². The number of aliphatic hydroxyl groups is 1. The summed E-state index contributed by atoms with van der Waals surface area (Å²) in [6.45, 7) is 5.29. The van der Waals surface area contributed by atoms with Crippen molar-refractivity contribution in [2.24, 2.45) is 34.5 Å². The van der Waals surface area contributed by atoms with Crippen LogP contribution in [-0.2, 0) is 38.1 Å². The summed E-state index contributed by atoms with van der Waals surface area (Å²) >= 11 is 0. The van der Waals surface area contributed by atoms with Gasteiger partial charge < -0.3 is 24.1 Å². The monoisotopic (exact) mass is 510 g/mol. The van der Waals surface area contributed by atoms with Gasteiger partial charge in [-0.1, -0.05) is 24.6 Å². The van der Waals surface area contributed by atoms with Crippen LogP contribution in [0.5, 0.6) is 0 Å². The predicted molar refractivity (Wildman–Crippen MR) is 122 cm³/mol. The maximum Gasteiger partial charge on any atom is 0.342 e. The Balaban J connectivity index is 1.43. The van der Waals surface area contributed by atoms with Crippen LogP contribution in [0.1, 0.15) is 52.9 Å². The van der Waals surface area contributed by atoms with Gasteiger partial charge in [0, 0.05) is 5.92 Å². The molecule has 11 atom stereocenters. The van der Waals surface area contributed by atoms with E-state index in [4.69, 9.17) is 18.9 Å². The molecule has 6 fully saturated rings. The van der Waals surface area contributed by atoms with Crippen LogP contribution in [0.4, 0.5) is 0 Å². The quantitative estimate of drug-likeness (QED) is 0.382. The highest BCUT2D eigenvalue weighted by Gasteiger charge is 2.93. The molecular formula is C28H30O9. The molecule has 5 bridgehead atoms. The SMILES string of the molecule is C[C@]12C(=O)C=CCC1=CC[C@@H]1[C@@H]2CC[C@]2(O)C(=O)O[C@@]3(C)[C@H]4C[C@@]5(C)[C@@H]6C(=O)[C@]1(OC[C@H]5C(=O)O4)OC632. The van der Waals surface area contributed by atoms with Crippen LogP contribution in [0.2, 0.25) is 0 Å². The molecule has 0 amide bonds. The van der Waals surface area contributed by atoms with Crippen molar-refractivity contribution in [1.29, 1.82) is 0 Å². The van der Waals surface area contributed by atoms with Gasteiger partial charge in [0.15, 0.2) is 28.4 Å². The lowest BCUT2D eigenvalue weighted by Crippen LogP contribution is -2.79. The van der Waals surface area contributed by atoms with Gasteiger partial charge in [0.2, 0.25) is 5.79 Å². The Kier molecular flexibility index (Phi) is 3.73. The fourth-order valence-corrected chi connectivity index (χ4v) is 10.0. The van der Waals surface area contributed by atoms with Crippen molar-refractivity contribution in [2.45, 2.75) is 81.6 Å². The van der Waals surface area contributed by atoms with Gasteiger partial charge in [0.1, 0.15) is 6.10 Å². The number of ketones is 2. The van der Waals surface area contributed by atoms with Crippen LogP contribution in [0, 0.1) is 34.5 Å². The van der Waals surface area contributed by atoms with Gasteiger partial charge in [-0.2, -0.15) is 0 Å². The molecule has 9 nitrogen and oxygen atoms in total. The smallest absolute Gasteiger partial charge is 0.342 e. The largest absolute Gasteiger partial charge is 0.458 e. The minimum absolute atomic E-state index is 0.0380. The van der Waals surface area contributed by atoms with Crippen LogP contribution < -0.4 is 0 Å². The number of Topliss-reactive ketones (excluding diaryl/α,β-unsaturated/α-hetero) is 1. The second-order valence-electron chi connectivity index (χ2n) is 13.0. The molecule has 0 radical (unpaired) electrons. The van der Waals surface area contributed by atoms with Gasteiger partial charge in [-0.3, -0.25) is 14.4 Å². The molecule has 0 aromatic carbocycles. The molecule has 0 aromatic heterocycles. The van der Waals surface area contributed by atoms with Crippen LogP contribution in [0.3, 0.4) is 0 Å². The maximum atomic E-state index is 14.8. The zero-order valence-electron chi connectivity index (χ0n) is 21.1. The Morgan fingerprint density at radius 2 is 1.86 bits per heavy atom. The number of allylic oxidation sites excluding steroid dienone is 4. The summed E-state index contributed by atoms with van der Waals surface area (Å²) in [5.41, 5.74) is -6.43. The molecule has 1 N–H and O–H groups in total. The highest BCUT2D eigenvalue weighted by molar-refractivity contribution is 6.01. The van der Waals surface area contributed by atoms with E-state index in [1.807, 2.05) is 26.0 Å². The molecule has 1 saturated carbocycles. The van der Waals surface area contributed by atoms with E-state index in [2.05, 4.69) is 0 Å². The normalized spacial score (nSPS) is 58.5. The lowest BCUT2D eigenvalue weighted by atomic mass is 9.46. The molecule has 0 aromatic rings. The van der Waals surface area contributed by atoms with Crippen molar-refractivity contribution in [3.05, 3.63) is 23.8 Å². The summed E-state index contributed by atoms with van der Waals surface area (Å²) in [4.78, 5) is 55.2. The molecular weight excluding hydrogens is 480 g/mol. The summed E-state index contributed by atoms with van der Waals surface area (Å²) in [5.74, 6) is -6.36. The molecule has 2 spiro atoms. The highest BCUT2D eigenvalue weighted by atomic mass is 16.8. The van der Waals surface area contributed by atoms with E-state index in [1.54, 1.807) is 13.0 Å². The average molecular weight is 511 g/mol. The van der Waals surface area contributed by atoms with E-state index >= 15 is 0 Å². The van der Waals surface area contributed by atoms with Crippen molar-refractivity contribution in [1.82, 2.24) is 0 Å². The molecule has 1 unspecified atom stereocenters. The standard InChI is InChI=1S/C28H30O9/c1-23-11-18-25(3)28-19(23)20(30)27(37-28,34-12-16(23)21(31)35-18)15-8-7-13-5-4-6-17(29)24(13,2)14(15)9-10-26(28,33)22(32)36-25/h4,6-7,14-16,18-19,33H,5,8-12H2,1-3H3/t14-,15+,16-,18+,19-,23+,24-,25-,26-,27+,28?/m0/s1. The van der Waals surface area contributed by atoms with E-state index in [1.165, 1.54) is 0 Å². The van der Waals surface area contributed by atoms with Crippen LogP contribution in [0.25, 0.3) is 0 Å². The fourth-order valence-electron chi connectivity index (χ4n) is 10.0. The molecule has 5 aliphatic heterocycles. The number of esters is 2. The third-order valence-corrected chi connectivity index (χ3v) is 12.0. The molecule has 37 heavy (non-hydrogen) atoms. The molecule has 9 heteroatoms. The summed E-state index contributed by atoms with van der Waals surface area (Å²) < 4.78 is 25.1. The number of fused-ring (bicyclic) bond motifs is 5. The molecule has 8 rings (SSSR count). The molecule has 5 saturated heterocycles. The van der Waals surface area contributed by atoms with Crippen LogP contribution >= 0.6 is 0 Å². The Labute approximate surface area is 213 Å². The van der Waals surface area contributed by atoms with Crippen molar-refractivity contribution in [3.8, 4) is 0 Å². The predicted octanol–water partition coefficient (Wildman–Crippen LogP) is 1.56. The van der Waals surface area contributed by atoms with E-state index in [0.29, 0.717) is 25.7 Å². The third kappa shape index (κ3) is 1.97. The van der Waals surface area contributed by atoms with E-state index in [9.17, 15) is 24.3 Å². The van der Waals surface area contributed by atoms with Gasteiger partial charge in [0.05, 0.1) is 23.9 Å². The number of ether oxygens (including phenoxy) is 4. The first-order valence-electron chi connectivity index (χ1n) is 13.4. The van der Waals surface area contributed by atoms with Gasteiger partial charge in [0.25, 0.3) is 0 Å². The topological polar surface area (TPSA) is 125 Å². The zero-order valence-corrected chi connectivity index (χ0v) is 21.1. The van der Waals surface area contributed by atoms with Crippen LogP contribution in [0.15, 0.2) is 23.8 Å². The minimum atomic E-state index is -2.17. The van der Waals surface area contributed by atoms with Crippen molar-refractivity contribution < 1.29 is 43.2 Å². The second-order valence-corrected chi connectivity index (χ2v) is 13.0. The first-order valence-corrected chi connectivity index (χ1v) is 13.4. The Hall–Kier alpha value is -2.36. The fraction of sp³-hybridized carbons (Fsp3) is 0.714. The summed E-state index contributed by atoms with van der Waals surface area (Å²) in [5, 5.41) is 12.4. The first kappa shape index (κ1) is 22.6. The van der Waals surface area contributed by atoms with E-state index in [0.717, 1.165) is 5.57 Å². The lowest BCUT2D eigenvalue weighted by molar-refractivity contribution is -0.374. The van der Waals surface area contributed by atoms with Crippen molar-refractivity contribution in [3.63, 3.8) is 0 Å². The Morgan fingerprint density at radius 3 is 2.65 bits per heavy atom. The number of carbonyl (C=O) groups excluding carboxylic acids is 4. The number of rotatable bonds is 0. The number of hydrogen-bond donors (Lipinski definition) is 1. The maximum absolute atomic E-state index is 14.8. The molecule has 196 valence electrons. The van der Waals surface area contributed by atoms with E-state index in [-0.39, 0.29) is 24.6 Å². The van der Waals surface area contributed by atoms with Crippen molar-refractivity contribution in [2.75, 3.05) is 6.61 Å². The highest BCUT2D eigenvalue weighted by Crippen LogP contribution is 2.75. The summed E-state index contributed by atoms with van der Waals surface area (Å²) in [7, 11) is 0. The first-order chi connectivity index (χ1) is 17.4. The Bertz CT molecular complexity index is 1300. The van der Waals surface area contributed by atoms with Crippen LogP contribution in [-0.4, -0.2) is 63.9 Å². The lowest BCUT2D eigenvalue weighted by Gasteiger charge is -2.63. The van der Waals surface area contributed by atoms with Gasteiger partial charge in [-0.25, -0.2) is 4.79 Å². The molecule has 3 aliphatic carbocycles. The minimum Gasteiger partial charge on any atom is -0.458 e. The zero-order chi connectivity index (χ0) is 26.0. The molecule has 8 aliphatic rings. The Morgan fingerprint density at radius 1 is 1.08 bits per heavy atom. The number of hydrogen-bond acceptors (Lipinski definition) is 9. The summed E-state index contributed by atoms with van der Waals surface area (Å²) in [6.07, 6.45) is 6.24. The third-order valence-electron chi connectivity index (χ3n) is 12.0. The average Bonchev–Trinajstić information content (AvgIpc) is 3.16. The van der Waals surface area contributed by atoms with Crippen molar-refractivity contribution >= 4 is 23.5 Å². The number of carbonyl (C=O) groups is 4.